The third-order valence-corrected chi connectivity index (χ3v) is 4.87. The SMILES string of the molecule is O=C(COC(=O)C1(c2cccc(F)c2)CCCC1)Nc1ccc(F)c(F)c1F. The van der Waals surface area contributed by atoms with Crippen molar-refractivity contribution in [3.63, 3.8) is 0 Å². The van der Waals surface area contributed by atoms with Gasteiger partial charge in [0.25, 0.3) is 5.91 Å². The van der Waals surface area contributed by atoms with Crippen molar-refractivity contribution in [1.29, 1.82) is 0 Å². The number of hydrogen-bond acceptors (Lipinski definition) is 3. The molecule has 0 atom stereocenters. The summed E-state index contributed by atoms with van der Waals surface area (Å²) in [6.45, 7) is -0.742. The van der Waals surface area contributed by atoms with E-state index >= 15 is 0 Å². The molecule has 3 rings (SSSR count). The van der Waals surface area contributed by atoms with Crippen LogP contribution in [0.25, 0.3) is 0 Å². The Kier molecular flexibility index (Phi) is 5.67. The lowest BCUT2D eigenvalue weighted by Crippen LogP contribution is -2.36. The zero-order valence-corrected chi connectivity index (χ0v) is 14.7. The van der Waals surface area contributed by atoms with Crippen LogP contribution < -0.4 is 5.32 Å². The zero-order valence-electron chi connectivity index (χ0n) is 14.7. The first kappa shape index (κ1) is 19.9. The van der Waals surface area contributed by atoms with E-state index in [0.717, 1.165) is 18.9 Å². The third-order valence-electron chi connectivity index (χ3n) is 4.87. The molecular formula is C20H17F4NO3. The Balaban J connectivity index is 1.68. The van der Waals surface area contributed by atoms with Crippen LogP contribution in [0, 0.1) is 23.3 Å². The van der Waals surface area contributed by atoms with E-state index in [4.69, 9.17) is 4.74 Å². The highest BCUT2D eigenvalue weighted by Gasteiger charge is 2.44. The summed E-state index contributed by atoms with van der Waals surface area (Å²) in [6, 6.07) is 7.18. The van der Waals surface area contributed by atoms with E-state index in [1.54, 1.807) is 6.07 Å². The van der Waals surface area contributed by atoms with Crippen LogP contribution in [-0.2, 0) is 19.7 Å². The van der Waals surface area contributed by atoms with Crippen molar-refractivity contribution in [3.8, 4) is 0 Å². The minimum Gasteiger partial charge on any atom is -0.455 e. The van der Waals surface area contributed by atoms with E-state index < -0.39 is 52.9 Å². The van der Waals surface area contributed by atoms with Crippen molar-refractivity contribution < 1.29 is 31.9 Å². The normalized spacial score (nSPS) is 15.3. The third kappa shape index (κ3) is 3.85. The average molecular weight is 395 g/mol. The highest BCUT2D eigenvalue weighted by atomic mass is 19.2. The van der Waals surface area contributed by atoms with Crippen molar-refractivity contribution in [3.05, 3.63) is 65.2 Å². The van der Waals surface area contributed by atoms with E-state index in [9.17, 15) is 27.2 Å². The highest BCUT2D eigenvalue weighted by molar-refractivity contribution is 5.94. The number of carbonyl (C=O) groups is 2. The Labute approximate surface area is 158 Å². The molecule has 0 heterocycles. The molecule has 4 nitrogen and oxygen atoms in total. The van der Waals surface area contributed by atoms with Gasteiger partial charge in [0.15, 0.2) is 24.1 Å². The van der Waals surface area contributed by atoms with Crippen LogP contribution in [0.15, 0.2) is 36.4 Å². The molecule has 0 spiro atoms. The molecule has 0 aromatic heterocycles. The van der Waals surface area contributed by atoms with Gasteiger partial charge >= 0.3 is 5.97 Å². The molecule has 0 bridgehead atoms. The summed E-state index contributed by atoms with van der Waals surface area (Å²) in [5, 5.41) is 2.03. The Bertz CT molecular complexity index is 910. The predicted molar refractivity (Wildman–Crippen MR) is 92.5 cm³/mol. The van der Waals surface area contributed by atoms with Crippen LogP contribution in [0.3, 0.4) is 0 Å². The minimum absolute atomic E-state index is 0.453. The number of nitrogens with one attached hydrogen (secondary N) is 1. The summed E-state index contributed by atoms with van der Waals surface area (Å²) < 4.78 is 58.4. The Hall–Kier alpha value is -2.90. The van der Waals surface area contributed by atoms with E-state index in [1.807, 2.05) is 5.32 Å². The molecule has 1 saturated carbocycles. The number of anilines is 1. The molecule has 1 aliphatic rings. The summed E-state index contributed by atoms with van der Waals surface area (Å²) in [4.78, 5) is 24.6. The molecule has 28 heavy (non-hydrogen) atoms. The topological polar surface area (TPSA) is 55.4 Å². The molecule has 2 aromatic carbocycles. The van der Waals surface area contributed by atoms with E-state index in [1.165, 1.54) is 18.2 Å². The van der Waals surface area contributed by atoms with Gasteiger partial charge in [-0.2, -0.15) is 0 Å². The predicted octanol–water partition coefficient (Wildman–Crippen LogP) is 4.24. The monoisotopic (exact) mass is 395 g/mol. The minimum atomic E-state index is -1.72. The van der Waals surface area contributed by atoms with Gasteiger partial charge in [-0.05, 0) is 42.7 Å². The number of carbonyl (C=O) groups excluding carboxylic acids is 2. The Morgan fingerprint density at radius 2 is 1.71 bits per heavy atom. The molecule has 1 fully saturated rings. The van der Waals surface area contributed by atoms with Gasteiger partial charge < -0.3 is 10.1 Å². The fourth-order valence-corrected chi connectivity index (χ4v) is 3.45. The number of benzene rings is 2. The Morgan fingerprint density at radius 1 is 1.00 bits per heavy atom. The second-order valence-electron chi connectivity index (χ2n) is 6.65. The molecule has 0 saturated heterocycles. The maximum Gasteiger partial charge on any atom is 0.317 e. The maximum atomic E-state index is 13.6. The molecule has 0 aliphatic heterocycles. The van der Waals surface area contributed by atoms with E-state index in [0.29, 0.717) is 24.5 Å². The van der Waals surface area contributed by atoms with Crippen LogP contribution in [0.2, 0.25) is 0 Å². The second kappa shape index (κ2) is 8.00. The molecule has 1 aliphatic carbocycles. The average Bonchev–Trinajstić information content (AvgIpc) is 3.18. The molecule has 8 heteroatoms. The van der Waals surface area contributed by atoms with Crippen LogP contribution >= 0.6 is 0 Å². The van der Waals surface area contributed by atoms with Crippen molar-refractivity contribution in [2.45, 2.75) is 31.1 Å². The first-order chi connectivity index (χ1) is 13.3. The largest absolute Gasteiger partial charge is 0.455 e. The maximum absolute atomic E-state index is 13.6. The van der Waals surface area contributed by atoms with Crippen LogP contribution in [-0.4, -0.2) is 18.5 Å². The van der Waals surface area contributed by atoms with Gasteiger partial charge in [0, 0.05) is 0 Å². The molecule has 0 radical (unpaired) electrons. The summed E-state index contributed by atoms with van der Waals surface area (Å²) in [5.74, 6) is -6.73. The van der Waals surface area contributed by atoms with Gasteiger partial charge in [0.05, 0.1) is 11.1 Å². The first-order valence-electron chi connectivity index (χ1n) is 8.70. The van der Waals surface area contributed by atoms with Crippen molar-refractivity contribution in [1.82, 2.24) is 0 Å². The first-order valence-corrected chi connectivity index (χ1v) is 8.70. The van der Waals surface area contributed by atoms with Crippen LogP contribution in [0.1, 0.15) is 31.2 Å². The van der Waals surface area contributed by atoms with Gasteiger partial charge in [-0.3, -0.25) is 9.59 Å². The number of hydrogen-bond donors (Lipinski definition) is 1. The molecule has 0 unspecified atom stereocenters. The van der Waals surface area contributed by atoms with E-state index in [-0.39, 0.29) is 0 Å². The standard InChI is InChI=1S/C20H17F4NO3/c21-13-5-3-4-12(10-13)20(8-1-2-9-20)19(27)28-11-16(26)25-15-7-6-14(22)17(23)18(15)24/h3-7,10H,1-2,8-9,11H2,(H,25,26). The number of halogens is 4. The smallest absolute Gasteiger partial charge is 0.317 e. The van der Waals surface area contributed by atoms with Crippen LogP contribution in [0.4, 0.5) is 23.2 Å². The Morgan fingerprint density at radius 3 is 2.39 bits per heavy atom. The lowest BCUT2D eigenvalue weighted by molar-refractivity contribution is -0.153. The fraction of sp³-hybridized carbons (Fsp3) is 0.300. The zero-order chi connectivity index (χ0) is 20.3. The van der Waals surface area contributed by atoms with Gasteiger partial charge in [-0.15, -0.1) is 0 Å². The molecule has 148 valence electrons. The van der Waals surface area contributed by atoms with Crippen molar-refractivity contribution >= 4 is 17.6 Å². The highest BCUT2D eigenvalue weighted by Crippen LogP contribution is 2.42. The van der Waals surface area contributed by atoms with Gasteiger partial charge in [-0.25, -0.2) is 17.6 Å². The van der Waals surface area contributed by atoms with Crippen LogP contribution in [0.5, 0.6) is 0 Å². The molecule has 1 N–H and O–H groups in total. The molecular weight excluding hydrogens is 378 g/mol. The van der Waals surface area contributed by atoms with Crippen molar-refractivity contribution in [2.24, 2.45) is 0 Å². The summed E-state index contributed by atoms with van der Waals surface area (Å²) in [6.07, 6.45) is 2.40. The second-order valence-corrected chi connectivity index (χ2v) is 6.65. The number of ether oxygens (including phenoxy) is 1. The fourth-order valence-electron chi connectivity index (χ4n) is 3.45. The summed E-state index contributed by atoms with van der Waals surface area (Å²) >= 11 is 0. The number of rotatable bonds is 5. The number of amides is 1. The van der Waals surface area contributed by atoms with Gasteiger partial charge in [-0.1, -0.05) is 25.0 Å². The van der Waals surface area contributed by atoms with Gasteiger partial charge in [0.1, 0.15) is 5.82 Å². The lowest BCUT2D eigenvalue weighted by Gasteiger charge is -2.27. The van der Waals surface area contributed by atoms with Gasteiger partial charge in [0.2, 0.25) is 0 Å². The molecule has 1 amide bonds. The lowest BCUT2D eigenvalue weighted by atomic mass is 9.79. The van der Waals surface area contributed by atoms with Crippen molar-refractivity contribution in [2.75, 3.05) is 11.9 Å². The molecule has 2 aromatic rings. The quantitative estimate of drug-likeness (QED) is 0.468. The summed E-state index contributed by atoms with van der Waals surface area (Å²) in [7, 11) is 0. The summed E-state index contributed by atoms with van der Waals surface area (Å²) in [5.41, 5.74) is -1.14. The van der Waals surface area contributed by atoms with E-state index in [2.05, 4.69) is 0 Å². The number of esters is 1.